The molecule has 0 aromatic rings. The van der Waals surface area contributed by atoms with E-state index in [0.29, 0.717) is 37.2 Å². The van der Waals surface area contributed by atoms with Crippen molar-refractivity contribution in [1.82, 2.24) is 0 Å². The third kappa shape index (κ3) is 5.00. The van der Waals surface area contributed by atoms with Gasteiger partial charge in [0.25, 0.3) is 0 Å². The second-order valence-electron chi connectivity index (χ2n) is 13.6. The van der Waals surface area contributed by atoms with Gasteiger partial charge in [-0.2, -0.15) is 0 Å². The molecule has 208 valence electrons. The van der Waals surface area contributed by atoms with E-state index in [1.54, 1.807) is 0 Å². The van der Waals surface area contributed by atoms with Gasteiger partial charge in [-0.25, -0.2) is 0 Å². The van der Waals surface area contributed by atoms with Crippen LogP contribution in [0.5, 0.6) is 0 Å². The van der Waals surface area contributed by atoms with E-state index in [1.165, 1.54) is 6.92 Å². The summed E-state index contributed by atoms with van der Waals surface area (Å²) in [7, 11) is 0. The summed E-state index contributed by atoms with van der Waals surface area (Å²) in [4.78, 5) is 24.7. The van der Waals surface area contributed by atoms with E-state index in [1.807, 2.05) is 19.9 Å². The number of aliphatic hydroxyl groups excluding tert-OH is 2. The molecule has 0 heterocycles. The van der Waals surface area contributed by atoms with Gasteiger partial charge in [-0.15, -0.1) is 0 Å². The van der Waals surface area contributed by atoms with Crippen LogP contribution in [-0.2, 0) is 14.3 Å². The van der Waals surface area contributed by atoms with E-state index in [2.05, 4.69) is 27.7 Å². The van der Waals surface area contributed by atoms with Crippen LogP contribution < -0.4 is 34.7 Å². The molecule has 0 bridgehead atoms. The first kappa shape index (κ1) is 31.9. The molecule has 0 spiro atoms. The zero-order valence-electron chi connectivity index (χ0n) is 24.8. The van der Waals surface area contributed by atoms with E-state index in [-0.39, 0.29) is 75.2 Å². The third-order valence-corrected chi connectivity index (χ3v) is 11.6. The summed E-state index contributed by atoms with van der Waals surface area (Å²) in [6.45, 7) is 14.4. The van der Waals surface area contributed by atoms with E-state index >= 15 is 0 Å². The van der Waals surface area contributed by atoms with Crippen molar-refractivity contribution < 1.29 is 59.2 Å². The van der Waals surface area contributed by atoms with Crippen LogP contribution >= 0.6 is 0 Å². The van der Waals surface area contributed by atoms with Gasteiger partial charge in [-0.3, -0.25) is 4.79 Å². The van der Waals surface area contributed by atoms with Gasteiger partial charge >= 0.3 is 35.5 Å². The maximum Gasteiger partial charge on any atom is 1.00 e. The van der Waals surface area contributed by atoms with Gasteiger partial charge in [0.1, 0.15) is 6.10 Å². The Labute approximate surface area is 251 Å². The monoisotopic (exact) mass is 538 g/mol. The number of fused-ring (bicyclic) bond motifs is 5. The van der Waals surface area contributed by atoms with Crippen molar-refractivity contribution in [2.45, 2.75) is 118 Å². The first-order valence-electron chi connectivity index (χ1n) is 14.3. The molecule has 0 saturated heterocycles. The molecule has 4 aliphatic carbocycles. The van der Waals surface area contributed by atoms with Crippen LogP contribution in [0.25, 0.3) is 0 Å². The summed E-state index contributed by atoms with van der Waals surface area (Å²) in [5.74, 6) is -1.25. The second kappa shape index (κ2) is 11.3. The Morgan fingerprint density at radius 3 is 2.29 bits per heavy atom. The summed E-state index contributed by atoms with van der Waals surface area (Å²) in [5, 5.41) is 35.0. The molecule has 4 rings (SSSR count). The molecule has 4 aliphatic rings. The molecule has 4 saturated carbocycles. The summed E-state index contributed by atoms with van der Waals surface area (Å²) in [6.07, 6.45) is 5.92. The number of aliphatic carboxylic acids is 1. The maximum atomic E-state index is 12.5. The van der Waals surface area contributed by atoms with E-state index in [0.717, 1.165) is 31.3 Å². The van der Waals surface area contributed by atoms with Gasteiger partial charge in [-0.05, 0) is 116 Å². The van der Waals surface area contributed by atoms with Crippen LogP contribution in [0.3, 0.4) is 0 Å². The Kier molecular flexibility index (Phi) is 9.49. The second-order valence-corrected chi connectivity index (χ2v) is 13.6. The van der Waals surface area contributed by atoms with E-state index in [4.69, 9.17) is 4.74 Å². The minimum Gasteiger partial charge on any atom is -0.545 e. The predicted octanol–water partition coefficient (Wildman–Crippen LogP) is 1.34. The Bertz CT molecular complexity index is 1000. The number of aliphatic hydroxyl groups is 2. The van der Waals surface area contributed by atoms with Gasteiger partial charge < -0.3 is 24.9 Å². The predicted molar refractivity (Wildman–Crippen MR) is 140 cm³/mol. The minimum absolute atomic E-state index is 0. The Hall–Kier alpha value is -0.660. The van der Waals surface area contributed by atoms with Crippen molar-refractivity contribution in [2.75, 3.05) is 0 Å². The zero-order valence-corrected chi connectivity index (χ0v) is 26.8. The smallest absolute Gasteiger partial charge is 0.545 e. The summed E-state index contributed by atoms with van der Waals surface area (Å²) >= 11 is 0. The molecule has 10 atom stereocenters. The number of rotatable bonds is 5. The number of carbonyl (C=O) groups is 2. The van der Waals surface area contributed by atoms with Crippen LogP contribution in [0.4, 0.5) is 0 Å². The van der Waals surface area contributed by atoms with E-state index < -0.39 is 24.1 Å². The minimum atomic E-state index is -1.20. The summed E-state index contributed by atoms with van der Waals surface area (Å²) in [5.41, 5.74) is 1.31. The normalized spacial score (nSPS) is 45.0. The number of carboxylic acids is 1. The molecule has 0 aliphatic heterocycles. The molecular weight excluding hydrogens is 491 g/mol. The van der Waals surface area contributed by atoms with Crippen LogP contribution in [-0.4, -0.2) is 40.5 Å². The number of allylic oxidation sites excluding steroid dienone is 2. The number of ether oxygens (including phenoxy) is 1. The standard InChI is InChI=1S/C31H48O6.Na/c1-17(2)9-8-10-20(28(35)36)26-22-15-24(34)27-29(5)13-12-23(33)18(3)21(29)11-14-30(27,6)31(22,7)16-25(26)37-19(4)32;/h9,18,21-25,27,33-34H,8,10-16H2,1-7H3,(H,35,36);/q;+1/p-1/b26-20+;/t18-,21-,22-,23+,24?,25-,27?,29-,30-,31-;/m0./s1. The average Bonchev–Trinajstić information content (AvgIpc) is 3.05. The van der Waals surface area contributed by atoms with Crippen LogP contribution in [0.1, 0.15) is 99.8 Å². The fraction of sp³-hybridized carbons (Fsp3) is 0.806. The number of hydrogen-bond acceptors (Lipinski definition) is 6. The fourth-order valence-corrected chi connectivity index (χ4v) is 9.78. The number of esters is 1. The van der Waals surface area contributed by atoms with Crippen molar-refractivity contribution in [3.05, 3.63) is 22.8 Å². The van der Waals surface area contributed by atoms with Gasteiger partial charge in [0.05, 0.1) is 18.2 Å². The first-order chi connectivity index (χ1) is 17.2. The number of carboxylic acid groups (broad SMARTS) is 1. The maximum absolute atomic E-state index is 12.5. The Morgan fingerprint density at radius 1 is 1.05 bits per heavy atom. The van der Waals surface area contributed by atoms with Crippen LogP contribution in [0.15, 0.2) is 22.8 Å². The van der Waals surface area contributed by atoms with Crippen molar-refractivity contribution in [3.63, 3.8) is 0 Å². The van der Waals surface area contributed by atoms with Crippen molar-refractivity contribution in [3.8, 4) is 0 Å². The average molecular weight is 539 g/mol. The SMILES string of the molecule is CC(=O)O[C@H]1C[C@@]2(C)[C@@H](CC(O)C3[C@]2(C)CC[C@H]2[C@H](C)[C@H](O)CC[C@]32C)/C1=C(/CCC=C(C)C)C(=O)[O-].[Na+]. The van der Waals surface area contributed by atoms with Crippen molar-refractivity contribution >= 4 is 11.9 Å². The number of hydrogen-bond donors (Lipinski definition) is 2. The third-order valence-electron chi connectivity index (χ3n) is 11.6. The quantitative estimate of drug-likeness (QED) is 0.237. The molecular formula is C31H47NaO6. The number of carbonyl (C=O) groups excluding carboxylic acids is 2. The Morgan fingerprint density at radius 2 is 1.71 bits per heavy atom. The summed E-state index contributed by atoms with van der Waals surface area (Å²) < 4.78 is 5.84. The molecule has 4 fully saturated rings. The van der Waals surface area contributed by atoms with Crippen molar-refractivity contribution in [2.24, 2.45) is 39.9 Å². The van der Waals surface area contributed by atoms with Gasteiger partial charge in [0.15, 0.2) is 0 Å². The molecule has 6 nitrogen and oxygen atoms in total. The molecule has 0 radical (unpaired) electrons. The molecule has 38 heavy (non-hydrogen) atoms. The van der Waals surface area contributed by atoms with Gasteiger partial charge in [0, 0.05) is 6.92 Å². The largest absolute Gasteiger partial charge is 1.00 e. The topological polar surface area (TPSA) is 107 Å². The molecule has 2 unspecified atom stereocenters. The molecule has 0 amide bonds. The first-order valence-corrected chi connectivity index (χ1v) is 14.3. The van der Waals surface area contributed by atoms with Gasteiger partial charge in [-0.1, -0.05) is 39.3 Å². The fourth-order valence-electron chi connectivity index (χ4n) is 9.78. The molecule has 0 aromatic carbocycles. The zero-order chi connectivity index (χ0) is 27.5. The van der Waals surface area contributed by atoms with Crippen LogP contribution in [0.2, 0.25) is 0 Å². The Balaban J connectivity index is 0.00000400. The molecule has 0 aromatic heterocycles. The van der Waals surface area contributed by atoms with E-state index in [9.17, 15) is 24.9 Å². The molecule has 7 heteroatoms. The van der Waals surface area contributed by atoms with Gasteiger partial charge in [0.2, 0.25) is 0 Å². The van der Waals surface area contributed by atoms with Crippen LogP contribution in [0, 0.1) is 39.9 Å². The van der Waals surface area contributed by atoms with Crippen molar-refractivity contribution in [1.29, 1.82) is 0 Å². The molecule has 2 N–H and O–H groups in total. The summed E-state index contributed by atoms with van der Waals surface area (Å²) in [6, 6.07) is 0.